The third-order valence-electron chi connectivity index (χ3n) is 7.25. The smallest absolute Gasteiger partial charge is 0.237 e. The van der Waals surface area contributed by atoms with Crippen LogP contribution in [0.15, 0.2) is 84.5 Å². The summed E-state index contributed by atoms with van der Waals surface area (Å²) >= 11 is 33.7. The maximum absolute atomic E-state index is 7.83. The second-order valence-electron chi connectivity index (χ2n) is 10.1. The van der Waals surface area contributed by atoms with Crippen LogP contribution in [0.3, 0.4) is 0 Å². The summed E-state index contributed by atoms with van der Waals surface area (Å²) in [5, 5.41) is 7.10. The molecule has 1 aliphatic rings. The molecule has 1 unspecified atom stereocenters. The van der Waals surface area contributed by atoms with E-state index in [2.05, 4.69) is 15.6 Å². The molecule has 0 fully saturated rings. The number of hydrogen-bond acceptors (Lipinski definition) is 7. The Morgan fingerprint density at radius 2 is 1.44 bits per heavy atom. The van der Waals surface area contributed by atoms with E-state index in [9.17, 15) is 0 Å². The molecule has 7 nitrogen and oxygen atoms in total. The summed E-state index contributed by atoms with van der Waals surface area (Å²) in [4.78, 5) is 6.03. The maximum Gasteiger partial charge on any atom is 0.237 e. The second kappa shape index (κ2) is 13.5. The van der Waals surface area contributed by atoms with E-state index in [4.69, 9.17) is 72.2 Å². The second-order valence-corrected chi connectivity index (χ2v) is 12.3. The molecule has 3 aromatic carbocycles. The summed E-state index contributed by atoms with van der Waals surface area (Å²) in [6.45, 7) is 3.87. The zero-order valence-corrected chi connectivity index (χ0v) is 28.7. The molecule has 0 aliphatic carbocycles. The lowest BCUT2D eigenvalue weighted by Crippen LogP contribution is -2.55. The number of halogens is 5. The van der Waals surface area contributed by atoms with E-state index in [-0.39, 0.29) is 5.15 Å². The molecular weight excluding hydrogens is 678 g/mol. The molecule has 234 valence electrons. The number of alkyl halides is 1. The third-order valence-corrected chi connectivity index (χ3v) is 8.68. The molecule has 2 N–H and O–H groups in total. The van der Waals surface area contributed by atoms with E-state index >= 15 is 0 Å². The van der Waals surface area contributed by atoms with Gasteiger partial charge in [0.2, 0.25) is 11.0 Å². The van der Waals surface area contributed by atoms with Gasteiger partial charge in [0.1, 0.15) is 0 Å². The molecule has 1 aromatic heterocycles. The Bertz CT molecular complexity index is 1830. The molecule has 1 aliphatic heterocycles. The molecule has 45 heavy (non-hydrogen) atoms. The molecule has 12 heteroatoms. The lowest BCUT2D eigenvalue weighted by molar-refractivity contribution is 0.272. The van der Waals surface area contributed by atoms with Crippen molar-refractivity contribution in [2.24, 2.45) is 0 Å². The SMILES string of the molecule is COC1=C(c2cccc(OC)c2OC)C=C(Nc2ccc(Cl)cc2C)C(Cl)(Nc2ccc(Cl)cc2C)N1c1cc(Cl)cnc1Cl. The van der Waals surface area contributed by atoms with Crippen LogP contribution in [-0.4, -0.2) is 31.4 Å². The number of hydrogen-bond donors (Lipinski definition) is 2. The van der Waals surface area contributed by atoms with Gasteiger partial charge in [-0.3, -0.25) is 4.90 Å². The third kappa shape index (κ3) is 6.46. The summed E-state index contributed by atoms with van der Waals surface area (Å²) in [5.41, 5.74) is 5.34. The van der Waals surface area contributed by atoms with E-state index in [0.717, 1.165) is 16.8 Å². The molecule has 1 atom stereocenters. The summed E-state index contributed by atoms with van der Waals surface area (Å²) in [7, 11) is 4.69. The van der Waals surface area contributed by atoms with Crippen molar-refractivity contribution in [1.82, 2.24) is 4.98 Å². The highest BCUT2D eigenvalue weighted by atomic mass is 35.5. The molecule has 0 amide bonds. The van der Waals surface area contributed by atoms with Crippen molar-refractivity contribution >= 4 is 80.6 Å². The number of nitrogens with zero attached hydrogens (tertiary/aromatic N) is 2. The highest BCUT2D eigenvalue weighted by molar-refractivity contribution is 6.35. The Kier molecular flexibility index (Phi) is 9.87. The summed E-state index contributed by atoms with van der Waals surface area (Å²) < 4.78 is 17.6. The number of methoxy groups -OCH3 is 3. The van der Waals surface area contributed by atoms with Crippen LogP contribution in [0.5, 0.6) is 11.5 Å². The Balaban J connectivity index is 1.86. The van der Waals surface area contributed by atoms with Crippen LogP contribution in [0.4, 0.5) is 17.1 Å². The van der Waals surface area contributed by atoms with Gasteiger partial charge < -0.3 is 24.8 Å². The van der Waals surface area contributed by atoms with Crippen molar-refractivity contribution < 1.29 is 14.2 Å². The topological polar surface area (TPSA) is 67.9 Å². The average molecular weight is 707 g/mol. The highest BCUT2D eigenvalue weighted by Gasteiger charge is 2.48. The lowest BCUT2D eigenvalue weighted by atomic mass is 9.97. The minimum Gasteiger partial charge on any atom is -0.493 e. The Morgan fingerprint density at radius 3 is 2.04 bits per heavy atom. The van der Waals surface area contributed by atoms with Gasteiger partial charge in [0.05, 0.1) is 37.7 Å². The van der Waals surface area contributed by atoms with Gasteiger partial charge in [0.25, 0.3) is 0 Å². The number of para-hydroxylation sites is 1. The van der Waals surface area contributed by atoms with Gasteiger partial charge in [-0.05, 0) is 79.6 Å². The quantitative estimate of drug-likeness (QED) is 0.102. The molecule has 0 radical (unpaired) electrons. The van der Waals surface area contributed by atoms with Crippen molar-refractivity contribution in [2.45, 2.75) is 19.0 Å². The van der Waals surface area contributed by atoms with Crippen molar-refractivity contribution in [1.29, 1.82) is 0 Å². The predicted molar refractivity (Wildman–Crippen MR) is 187 cm³/mol. The zero-order chi connectivity index (χ0) is 32.5. The van der Waals surface area contributed by atoms with Crippen LogP contribution in [0, 0.1) is 13.8 Å². The summed E-state index contributed by atoms with van der Waals surface area (Å²) in [5.74, 6) is 1.34. The summed E-state index contributed by atoms with van der Waals surface area (Å²) in [6, 6.07) is 18.2. The van der Waals surface area contributed by atoms with Gasteiger partial charge in [0, 0.05) is 38.8 Å². The highest BCUT2D eigenvalue weighted by Crippen LogP contribution is 2.49. The van der Waals surface area contributed by atoms with Crippen molar-refractivity contribution in [2.75, 3.05) is 36.9 Å². The largest absolute Gasteiger partial charge is 0.493 e. The van der Waals surface area contributed by atoms with E-state index in [0.29, 0.717) is 60.7 Å². The monoisotopic (exact) mass is 704 g/mol. The van der Waals surface area contributed by atoms with Crippen molar-refractivity contribution in [3.05, 3.63) is 121 Å². The molecule has 0 bridgehead atoms. The molecule has 0 spiro atoms. The Hall–Kier alpha value is -3.46. The number of aryl methyl sites for hydroxylation is 2. The maximum atomic E-state index is 7.83. The first kappa shape index (κ1) is 32.9. The van der Waals surface area contributed by atoms with Crippen LogP contribution in [0.1, 0.15) is 16.7 Å². The number of ether oxygens (including phenoxy) is 3. The average Bonchev–Trinajstić information content (AvgIpc) is 3.01. The number of nitrogens with one attached hydrogen (secondary N) is 2. The first-order chi connectivity index (χ1) is 21.5. The van der Waals surface area contributed by atoms with Gasteiger partial charge in [-0.25, -0.2) is 4.98 Å². The predicted octanol–water partition coefficient (Wildman–Crippen LogP) is 10.2. The standard InChI is InChI=1S/C33H29Cl5N4O3/c1-18-13-20(34)9-11-25(18)40-29-16-24(23-7-6-8-28(43-3)30(23)44-4)32(45-5)42(27-15-22(36)17-39-31(27)37)33(29,38)41-26-12-10-21(35)14-19(26)2/h6-17,40-41H,1-5H3. The van der Waals surface area contributed by atoms with Crippen molar-refractivity contribution in [3.63, 3.8) is 0 Å². The Morgan fingerprint density at radius 1 is 0.778 bits per heavy atom. The zero-order valence-electron chi connectivity index (χ0n) is 24.9. The van der Waals surface area contributed by atoms with Gasteiger partial charge >= 0.3 is 0 Å². The fraction of sp³-hybridized carbons (Fsp3) is 0.182. The van der Waals surface area contributed by atoms with E-state index in [1.165, 1.54) is 6.20 Å². The number of benzene rings is 3. The van der Waals surface area contributed by atoms with Crippen LogP contribution >= 0.6 is 58.0 Å². The summed E-state index contributed by atoms with van der Waals surface area (Å²) in [6.07, 6.45) is 3.34. The Labute approximate surface area is 287 Å². The molecule has 4 aromatic rings. The number of pyridine rings is 1. The first-order valence-electron chi connectivity index (χ1n) is 13.6. The van der Waals surface area contributed by atoms with Gasteiger partial charge in [0.15, 0.2) is 16.7 Å². The number of anilines is 3. The lowest BCUT2D eigenvalue weighted by Gasteiger charge is -2.46. The van der Waals surface area contributed by atoms with Crippen molar-refractivity contribution in [3.8, 4) is 11.5 Å². The number of rotatable bonds is 9. The molecule has 2 heterocycles. The minimum absolute atomic E-state index is 0.134. The molecule has 5 rings (SSSR count). The normalized spacial score (nSPS) is 16.3. The van der Waals surface area contributed by atoms with Crippen LogP contribution in [0.25, 0.3) is 5.57 Å². The van der Waals surface area contributed by atoms with E-state index in [1.807, 2.05) is 62.4 Å². The van der Waals surface area contributed by atoms with E-state index < -0.39 is 5.12 Å². The fourth-order valence-corrected chi connectivity index (χ4v) is 6.29. The van der Waals surface area contributed by atoms with Gasteiger partial charge in [-0.1, -0.05) is 70.1 Å². The first-order valence-corrected chi connectivity index (χ1v) is 15.5. The van der Waals surface area contributed by atoms with Crippen LogP contribution < -0.4 is 25.0 Å². The minimum atomic E-state index is -1.61. The fourth-order valence-electron chi connectivity index (χ4n) is 5.12. The molecule has 0 saturated heterocycles. The van der Waals surface area contributed by atoms with Crippen LogP contribution in [0.2, 0.25) is 20.2 Å². The van der Waals surface area contributed by atoms with Gasteiger partial charge in [-0.15, -0.1) is 0 Å². The van der Waals surface area contributed by atoms with Crippen LogP contribution in [-0.2, 0) is 4.74 Å². The number of aromatic nitrogens is 1. The molecular formula is C33H29Cl5N4O3. The molecule has 0 saturated carbocycles. The van der Waals surface area contributed by atoms with E-state index in [1.54, 1.807) is 44.4 Å². The number of allylic oxidation sites excluding steroid dienone is 2. The van der Waals surface area contributed by atoms with Gasteiger partial charge in [-0.2, -0.15) is 0 Å².